The third kappa shape index (κ3) is 3.77. The van der Waals surface area contributed by atoms with E-state index in [1.807, 2.05) is 17.2 Å². The SMILES string of the molecule is CC(=O)N(c1nc(CNC(C)C(C)CO)cs1)C1CC1. The lowest BCUT2D eigenvalue weighted by atomic mass is 10.1. The summed E-state index contributed by atoms with van der Waals surface area (Å²) in [6.07, 6.45) is 2.16. The van der Waals surface area contributed by atoms with Crippen LogP contribution < -0.4 is 10.2 Å². The van der Waals surface area contributed by atoms with Crippen molar-refractivity contribution in [1.29, 1.82) is 0 Å². The van der Waals surface area contributed by atoms with Gasteiger partial charge in [0.2, 0.25) is 5.91 Å². The van der Waals surface area contributed by atoms with E-state index in [9.17, 15) is 4.79 Å². The monoisotopic (exact) mass is 297 g/mol. The quantitative estimate of drug-likeness (QED) is 0.805. The number of hydrogen-bond donors (Lipinski definition) is 2. The van der Waals surface area contributed by atoms with Crippen LogP contribution in [0, 0.1) is 5.92 Å². The van der Waals surface area contributed by atoms with Gasteiger partial charge in [0.05, 0.1) is 5.69 Å². The van der Waals surface area contributed by atoms with Crippen LogP contribution in [0.3, 0.4) is 0 Å². The number of rotatable bonds is 7. The number of nitrogens with one attached hydrogen (secondary N) is 1. The summed E-state index contributed by atoms with van der Waals surface area (Å²) in [5.41, 5.74) is 0.953. The molecule has 2 atom stereocenters. The van der Waals surface area contributed by atoms with Crippen LogP contribution in [0.5, 0.6) is 0 Å². The summed E-state index contributed by atoms with van der Waals surface area (Å²) in [7, 11) is 0. The van der Waals surface area contributed by atoms with Gasteiger partial charge in [-0.3, -0.25) is 9.69 Å². The minimum absolute atomic E-state index is 0.0728. The molecule has 1 aliphatic carbocycles. The maximum Gasteiger partial charge on any atom is 0.225 e. The van der Waals surface area contributed by atoms with Gasteiger partial charge in [-0.15, -0.1) is 11.3 Å². The van der Waals surface area contributed by atoms with Crippen molar-refractivity contribution in [3.8, 4) is 0 Å². The van der Waals surface area contributed by atoms with Gasteiger partial charge in [0, 0.05) is 37.5 Å². The molecule has 20 heavy (non-hydrogen) atoms. The highest BCUT2D eigenvalue weighted by Gasteiger charge is 2.33. The standard InChI is InChI=1S/C14H23N3O2S/c1-9(7-18)10(2)15-6-12-8-20-14(16-12)17(11(3)19)13-4-5-13/h8-10,13,15,18H,4-7H2,1-3H3. The van der Waals surface area contributed by atoms with Gasteiger partial charge in [-0.05, 0) is 25.7 Å². The number of nitrogens with zero attached hydrogens (tertiary/aromatic N) is 2. The zero-order valence-corrected chi connectivity index (χ0v) is 13.1. The smallest absolute Gasteiger partial charge is 0.225 e. The van der Waals surface area contributed by atoms with E-state index in [0.29, 0.717) is 12.6 Å². The summed E-state index contributed by atoms with van der Waals surface area (Å²) in [6, 6.07) is 0.588. The number of carbonyl (C=O) groups excluding carboxylic acids is 1. The second kappa shape index (κ2) is 6.65. The molecule has 1 heterocycles. The predicted octanol–water partition coefficient (Wildman–Crippen LogP) is 1.76. The number of thiazole rings is 1. The Morgan fingerprint density at radius 2 is 2.30 bits per heavy atom. The average Bonchev–Trinajstić information content (AvgIpc) is 3.13. The molecule has 6 heteroatoms. The Labute approximate surface area is 124 Å². The molecule has 0 radical (unpaired) electrons. The molecular weight excluding hydrogens is 274 g/mol. The molecule has 1 fully saturated rings. The predicted molar refractivity (Wildman–Crippen MR) is 80.8 cm³/mol. The minimum atomic E-state index is 0.0728. The Morgan fingerprint density at radius 3 is 2.85 bits per heavy atom. The summed E-state index contributed by atoms with van der Waals surface area (Å²) >= 11 is 1.52. The van der Waals surface area contributed by atoms with Gasteiger partial charge in [-0.2, -0.15) is 0 Å². The maximum atomic E-state index is 11.7. The molecule has 0 aromatic carbocycles. The van der Waals surface area contributed by atoms with Crippen LogP contribution in [0.2, 0.25) is 0 Å². The number of aromatic nitrogens is 1. The highest BCUT2D eigenvalue weighted by atomic mass is 32.1. The van der Waals surface area contributed by atoms with E-state index in [0.717, 1.165) is 23.7 Å². The number of aliphatic hydroxyl groups excluding tert-OH is 1. The fourth-order valence-electron chi connectivity index (χ4n) is 1.99. The largest absolute Gasteiger partial charge is 0.396 e. The van der Waals surface area contributed by atoms with Crippen molar-refractivity contribution in [2.75, 3.05) is 11.5 Å². The molecule has 1 aliphatic rings. The molecule has 5 nitrogen and oxygen atoms in total. The molecule has 0 saturated heterocycles. The van der Waals surface area contributed by atoms with Gasteiger partial charge in [-0.25, -0.2) is 4.98 Å². The van der Waals surface area contributed by atoms with Crippen molar-refractivity contribution >= 4 is 22.4 Å². The topological polar surface area (TPSA) is 65.5 Å². The molecule has 1 aromatic rings. The fourth-order valence-corrected chi connectivity index (χ4v) is 2.93. The van der Waals surface area contributed by atoms with E-state index in [2.05, 4.69) is 17.2 Å². The highest BCUT2D eigenvalue weighted by Crippen LogP contribution is 2.33. The van der Waals surface area contributed by atoms with Crippen molar-refractivity contribution in [2.24, 2.45) is 5.92 Å². The summed E-state index contributed by atoms with van der Waals surface area (Å²) < 4.78 is 0. The van der Waals surface area contributed by atoms with E-state index >= 15 is 0 Å². The summed E-state index contributed by atoms with van der Waals surface area (Å²) in [5.74, 6) is 0.289. The molecule has 0 aliphatic heterocycles. The number of carbonyl (C=O) groups is 1. The van der Waals surface area contributed by atoms with Crippen molar-refractivity contribution < 1.29 is 9.90 Å². The van der Waals surface area contributed by atoms with Gasteiger partial charge in [0.1, 0.15) is 0 Å². The van der Waals surface area contributed by atoms with Gasteiger partial charge in [-0.1, -0.05) is 6.92 Å². The van der Waals surface area contributed by atoms with Crippen molar-refractivity contribution in [3.63, 3.8) is 0 Å². The Hall–Kier alpha value is -0.980. The first-order valence-corrected chi connectivity index (χ1v) is 7.99. The zero-order valence-electron chi connectivity index (χ0n) is 12.3. The van der Waals surface area contributed by atoms with Crippen LogP contribution in [0.4, 0.5) is 5.13 Å². The van der Waals surface area contributed by atoms with Gasteiger partial charge < -0.3 is 10.4 Å². The number of amides is 1. The van der Waals surface area contributed by atoms with E-state index < -0.39 is 0 Å². The number of aliphatic hydroxyl groups is 1. The van der Waals surface area contributed by atoms with Crippen LogP contribution in [-0.4, -0.2) is 34.7 Å². The molecular formula is C14H23N3O2S. The molecule has 1 amide bonds. The van der Waals surface area contributed by atoms with Crippen LogP contribution >= 0.6 is 11.3 Å². The molecule has 112 valence electrons. The van der Waals surface area contributed by atoms with E-state index in [1.165, 1.54) is 11.3 Å². The van der Waals surface area contributed by atoms with Crippen LogP contribution in [-0.2, 0) is 11.3 Å². The Morgan fingerprint density at radius 1 is 1.60 bits per heavy atom. The second-order valence-corrected chi connectivity index (χ2v) is 6.41. The second-order valence-electron chi connectivity index (χ2n) is 5.57. The Bertz CT molecular complexity index is 459. The number of anilines is 1. The van der Waals surface area contributed by atoms with Crippen LogP contribution in [0.1, 0.15) is 39.3 Å². The Balaban J connectivity index is 1.93. The fraction of sp³-hybridized carbons (Fsp3) is 0.714. The van der Waals surface area contributed by atoms with E-state index in [-0.39, 0.29) is 24.5 Å². The first-order chi connectivity index (χ1) is 9.52. The zero-order chi connectivity index (χ0) is 14.7. The third-order valence-electron chi connectivity index (χ3n) is 3.74. The van der Waals surface area contributed by atoms with Crippen molar-refractivity contribution in [2.45, 2.75) is 52.2 Å². The molecule has 2 rings (SSSR count). The molecule has 0 spiro atoms. The molecule has 1 saturated carbocycles. The van der Waals surface area contributed by atoms with Crippen molar-refractivity contribution in [1.82, 2.24) is 10.3 Å². The van der Waals surface area contributed by atoms with Crippen LogP contribution in [0.15, 0.2) is 5.38 Å². The van der Waals surface area contributed by atoms with E-state index in [1.54, 1.807) is 6.92 Å². The molecule has 0 bridgehead atoms. The first-order valence-electron chi connectivity index (χ1n) is 7.11. The summed E-state index contributed by atoms with van der Waals surface area (Å²) in [4.78, 5) is 18.0. The van der Waals surface area contributed by atoms with Crippen LogP contribution in [0.25, 0.3) is 0 Å². The minimum Gasteiger partial charge on any atom is -0.396 e. The lowest BCUT2D eigenvalue weighted by Gasteiger charge is -2.19. The summed E-state index contributed by atoms with van der Waals surface area (Å²) in [5, 5.41) is 15.3. The molecule has 2 unspecified atom stereocenters. The lowest BCUT2D eigenvalue weighted by molar-refractivity contribution is -0.116. The van der Waals surface area contributed by atoms with Gasteiger partial charge in [0.25, 0.3) is 0 Å². The summed E-state index contributed by atoms with van der Waals surface area (Å²) in [6.45, 7) is 6.51. The maximum absolute atomic E-state index is 11.7. The molecule has 1 aromatic heterocycles. The Kier molecular flexibility index (Phi) is 5.12. The average molecular weight is 297 g/mol. The normalized spacial score (nSPS) is 17.8. The number of hydrogen-bond acceptors (Lipinski definition) is 5. The van der Waals surface area contributed by atoms with Crippen molar-refractivity contribution in [3.05, 3.63) is 11.1 Å². The first kappa shape index (κ1) is 15.4. The van der Waals surface area contributed by atoms with E-state index in [4.69, 9.17) is 5.11 Å². The lowest BCUT2D eigenvalue weighted by Crippen LogP contribution is -2.33. The van der Waals surface area contributed by atoms with Gasteiger partial charge in [0.15, 0.2) is 5.13 Å². The van der Waals surface area contributed by atoms with Gasteiger partial charge >= 0.3 is 0 Å². The third-order valence-corrected chi connectivity index (χ3v) is 4.63. The highest BCUT2D eigenvalue weighted by molar-refractivity contribution is 7.14. The molecule has 2 N–H and O–H groups in total.